The molecule has 0 saturated carbocycles. The van der Waals surface area contributed by atoms with Gasteiger partial charge in [-0.3, -0.25) is 9.79 Å². The molecule has 0 radical (unpaired) electrons. The first-order valence-corrected chi connectivity index (χ1v) is 8.99. The van der Waals surface area contributed by atoms with Crippen LogP contribution in [0.2, 0.25) is 0 Å². The average Bonchev–Trinajstić information content (AvgIpc) is 3.23. The van der Waals surface area contributed by atoms with E-state index in [1.807, 2.05) is 41.4 Å². The molecule has 25 heavy (non-hydrogen) atoms. The molecule has 5 rings (SSSR count). The minimum Gasteiger partial charge on any atom is -0.508 e. The first-order chi connectivity index (χ1) is 12.2. The number of fused-ring (bicyclic) bond motifs is 4. The van der Waals surface area contributed by atoms with Crippen LogP contribution in [0.5, 0.6) is 5.75 Å². The molecule has 2 heterocycles. The molecule has 2 atom stereocenters. The smallest absolute Gasteiger partial charge is 0.254 e. The van der Waals surface area contributed by atoms with Gasteiger partial charge in [-0.05, 0) is 60.2 Å². The number of amides is 1. The molecule has 126 valence electrons. The van der Waals surface area contributed by atoms with Gasteiger partial charge in [0.25, 0.3) is 5.91 Å². The van der Waals surface area contributed by atoms with E-state index in [0.29, 0.717) is 11.7 Å². The number of nitrogens with zero attached hydrogens (tertiary/aromatic N) is 2. The Bertz CT molecular complexity index is 903. The lowest BCUT2D eigenvalue weighted by molar-refractivity contribution is 0.0595. The van der Waals surface area contributed by atoms with Gasteiger partial charge in [0.05, 0.1) is 5.69 Å². The Hall–Kier alpha value is -2.62. The SMILES string of the molecule is O=C(c1ccc2c(c1)N=CC2)N1CCC[C@@H]2c3ccc(O)cc3C[C@@H]21. The lowest BCUT2D eigenvalue weighted by Gasteiger charge is -2.38. The van der Waals surface area contributed by atoms with Crippen molar-refractivity contribution in [2.24, 2.45) is 4.99 Å². The van der Waals surface area contributed by atoms with E-state index in [0.717, 1.165) is 43.5 Å². The summed E-state index contributed by atoms with van der Waals surface area (Å²) < 4.78 is 0. The van der Waals surface area contributed by atoms with Crippen molar-refractivity contribution in [3.8, 4) is 5.75 Å². The molecule has 4 heteroatoms. The van der Waals surface area contributed by atoms with Crippen LogP contribution in [0.1, 0.15) is 45.8 Å². The number of phenolic OH excluding ortho intramolecular Hbond substituents is 1. The summed E-state index contributed by atoms with van der Waals surface area (Å²) in [5, 5.41) is 9.78. The van der Waals surface area contributed by atoms with Crippen LogP contribution in [-0.4, -0.2) is 34.7 Å². The molecular weight excluding hydrogens is 312 g/mol. The molecule has 3 aliphatic rings. The van der Waals surface area contributed by atoms with Crippen LogP contribution in [0.15, 0.2) is 41.4 Å². The van der Waals surface area contributed by atoms with Crippen LogP contribution in [0.25, 0.3) is 0 Å². The third kappa shape index (κ3) is 2.28. The zero-order valence-corrected chi connectivity index (χ0v) is 14.0. The Morgan fingerprint density at radius 1 is 1.16 bits per heavy atom. The predicted octanol–water partition coefficient (Wildman–Crippen LogP) is 3.60. The summed E-state index contributed by atoms with van der Waals surface area (Å²) in [6.45, 7) is 0.806. The van der Waals surface area contributed by atoms with Crippen molar-refractivity contribution >= 4 is 17.8 Å². The Labute approximate surface area is 146 Å². The molecule has 1 N–H and O–H groups in total. The highest BCUT2D eigenvalue weighted by atomic mass is 16.3. The number of hydrogen-bond donors (Lipinski definition) is 1. The van der Waals surface area contributed by atoms with Gasteiger partial charge < -0.3 is 10.0 Å². The number of rotatable bonds is 1. The maximum Gasteiger partial charge on any atom is 0.254 e. The number of aliphatic imine (C=N–C) groups is 1. The van der Waals surface area contributed by atoms with Gasteiger partial charge in [-0.25, -0.2) is 0 Å². The highest BCUT2D eigenvalue weighted by Gasteiger charge is 2.41. The van der Waals surface area contributed by atoms with Crippen LogP contribution in [0.4, 0.5) is 5.69 Å². The molecule has 1 aliphatic carbocycles. The fraction of sp³-hybridized carbons (Fsp3) is 0.333. The van der Waals surface area contributed by atoms with Crippen molar-refractivity contribution in [1.29, 1.82) is 0 Å². The number of phenols is 1. The molecule has 0 unspecified atom stereocenters. The summed E-state index contributed by atoms with van der Waals surface area (Å²) in [5.74, 6) is 0.809. The zero-order chi connectivity index (χ0) is 17.0. The van der Waals surface area contributed by atoms with Gasteiger partial charge in [-0.15, -0.1) is 0 Å². The zero-order valence-electron chi connectivity index (χ0n) is 14.0. The monoisotopic (exact) mass is 332 g/mol. The van der Waals surface area contributed by atoms with Gasteiger partial charge in [0.2, 0.25) is 0 Å². The molecule has 1 amide bonds. The normalized spacial score (nSPS) is 23.3. The number of piperidine rings is 1. The molecule has 2 aliphatic heterocycles. The largest absolute Gasteiger partial charge is 0.508 e. The van der Waals surface area contributed by atoms with E-state index in [4.69, 9.17) is 0 Å². The Kier molecular flexibility index (Phi) is 3.20. The van der Waals surface area contributed by atoms with Crippen LogP contribution < -0.4 is 0 Å². The molecule has 2 aromatic carbocycles. The molecule has 4 nitrogen and oxygen atoms in total. The summed E-state index contributed by atoms with van der Waals surface area (Å²) in [4.78, 5) is 19.6. The quantitative estimate of drug-likeness (QED) is 0.867. The van der Waals surface area contributed by atoms with Crippen molar-refractivity contribution in [3.05, 3.63) is 58.7 Å². The van der Waals surface area contributed by atoms with Crippen LogP contribution >= 0.6 is 0 Å². The topological polar surface area (TPSA) is 52.9 Å². The van der Waals surface area contributed by atoms with E-state index >= 15 is 0 Å². The molecule has 0 bridgehead atoms. The highest BCUT2D eigenvalue weighted by molar-refractivity contribution is 5.96. The molecule has 1 saturated heterocycles. The molecular formula is C21H20N2O2. The van der Waals surface area contributed by atoms with Gasteiger partial charge in [0, 0.05) is 36.7 Å². The second kappa shape index (κ2) is 5.45. The van der Waals surface area contributed by atoms with E-state index in [9.17, 15) is 9.90 Å². The number of aromatic hydroxyl groups is 1. The second-order valence-corrected chi connectivity index (χ2v) is 7.26. The maximum atomic E-state index is 13.2. The Morgan fingerprint density at radius 2 is 2.08 bits per heavy atom. The minimum absolute atomic E-state index is 0.108. The van der Waals surface area contributed by atoms with Gasteiger partial charge in [0.1, 0.15) is 5.75 Å². The third-order valence-corrected chi connectivity index (χ3v) is 5.87. The maximum absolute atomic E-state index is 13.2. The molecule has 0 spiro atoms. The molecule has 0 aromatic heterocycles. The average molecular weight is 332 g/mol. The van der Waals surface area contributed by atoms with E-state index in [1.54, 1.807) is 6.07 Å². The van der Waals surface area contributed by atoms with Crippen molar-refractivity contribution < 1.29 is 9.90 Å². The van der Waals surface area contributed by atoms with Crippen molar-refractivity contribution in [1.82, 2.24) is 4.90 Å². The second-order valence-electron chi connectivity index (χ2n) is 7.26. The van der Waals surface area contributed by atoms with E-state index in [2.05, 4.69) is 4.99 Å². The number of carbonyl (C=O) groups excluding carboxylic acids is 1. The first kappa shape index (κ1) is 14.7. The predicted molar refractivity (Wildman–Crippen MR) is 96.9 cm³/mol. The summed E-state index contributed by atoms with van der Waals surface area (Å²) >= 11 is 0. The Morgan fingerprint density at radius 3 is 3.00 bits per heavy atom. The first-order valence-electron chi connectivity index (χ1n) is 8.99. The van der Waals surface area contributed by atoms with Crippen molar-refractivity contribution in [2.75, 3.05) is 6.54 Å². The van der Waals surface area contributed by atoms with E-state index in [-0.39, 0.29) is 11.9 Å². The fourth-order valence-electron chi connectivity index (χ4n) is 4.68. The van der Waals surface area contributed by atoms with Gasteiger partial charge in [-0.1, -0.05) is 12.1 Å². The van der Waals surface area contributed by atoms with E-state index in [1.165, 1.54) is 16.7 Å². The number of carbonyl (C=O) groups is 1. The molecule has 2 aromatic rings. The van der Waals surface area contributed by atoms with Gasteiger partial charge in [-0.2, -0.15) is 0 Å². The third-order valence-electron chi connectivity index (χ3n) is 5.87. The van der Waals surface area contributed by atoms with Crippen LogP contribution in [0, 0.1) is 0 Å². The van der Waals surface area contributed by atoms with Gasteiger partial charge >= 0.3 is 0 Å². The molecule has 1 fully saturated rings. The highest BCUT2D eigenvalue weighted by Crippen LogP contribution is 2.43. The van der Waals surface area contributed by atoms with Crippen molar-refractivity contribution in [3.63, 3.8) is 0 Å². The standard InChI is InChI=1S/C21H20N2O2/c24-16-5-6-17-15(10-16)12-20-18(17)2-1-9-23(20)21(25)14-4-3-13-7-8-22-19(13)11-14/h3-6,8,10-11,18,20,24H,1-2,7,9,12H2/t18-,20+/m1/s1. The summed E-state index contributed by atoms with van der Waals surface area (Å²) in [6, 6.07) is 11.8. The van der Waals surface area contributed by atoms with Crippen molar-refractivity contribution in [2.45, 2.75) is 37.6 Å². The van der Waals surface area contributed by atoms with E-state index < -0.39 is 0 Å². The van der Waals surface area contributed by atoms with Crippen LogP contribution in [0.3, 0.4) is 0 Å². The minimum atomic E-state index is 0.108. The van der Waals surface area contributed by atoms with Crippen LogP contribution in [-0.2, 0) is 12.8 Å². The summed E-state index contributed by atoms with van der Waals surface area (Å²) in [6.07, 6.45) is 5.73. The summed E-state index contributed by atoms with van der Waals surface area (Å²) in [5.41, 5.74) is 5.35. The fourth-order valence-corrected chi connectivity index (χ4v) is 4.68. The lowest BCUT2D eigenvalue weighted by atomic mass is 9.88. The summed E-state index contributed by atoms with van der Waals surface area (Å²) in [7, 11) is 0. The lowest BCUT2D eigenvalue weighted by Crippen LogP contribution is -2.46. The number of hydrogen-bond acceptors (Lipinski definition) is 3. The van der Waals surface area contributed by atoms with Gasteiger partial charge in [0.15, 0.2) is 0 Å². The Balaban J connectivity index is 1.46. The number of benzene rings is 2. The number of likely N-dealkylation sites (tertiary alicyclic amines) is 1.